The van der Waals surface area contributed by atoms with Gasteiger partial charge in [-0.2, -0.15) is 13.2 Å². The molecule has 0 fully saturated rings. The number of nitrogens with one attached hydrogen (secondary N) is 1. The zero-order chi connectivity index (χ0) is 19.7. The molecule has 1 N–H and O–H groups in total. The lowest BCUT2D eigenvalue weighted by molar-refractivity contribution is -0.140. The number of ether oxygens (including phenoxy) is 1. The van der Waals surface area contributed by atoms with Gasteiger partial charge in [-0.1, -0.05) is 6.07 Å². The lowest BCUT2D eigenvalue weighted by atomic mass is 10.1. The number of halogens is 4. The van der Waals surface area contributed by atoms with Crippen LogP contribution in [0.1, 0.15) is 42.6 Å². The zero-order valence-corrected chi connectivity index (χ0v) is 15.4. The Labute approximate surface area is 152 Å². The number of aromatic nitrogens is 1. The second-order valence-electron chi connectivity index (χ2n) is 6.64. The average molecular weight is 390 g/mol. The zero-order valence-electron chi connectivity index (χ0n) is 14.6. The summed E-state index contributed by atoms with van der Waals surface area (Å²) in [6.45, 7) is 6.88. The van der Waals surface area contributed by atoms with Gasteiger partial charge >= 0.3 is 12.3 Å². The molecule has 2 aromatic rings. The summed E-state index contributed by atoms with van der Waals surface area (Å²) in [6.07, 6.45) is -5.21. The highest BCUT2D eigenvalue weighted by Crippen LogP contribution is 2.32. The van der Waals surface area contributed by atoms with Crippen LogP contribution in [0.3, 0.4) is 0 Å². The van der Waals surface area contributed by atoms with Crippen LogP contribution in [0, 0.1) is 12.7 Å². The van der Waals surface area contributed by atoms with Gasteiger partial charge in [0.05, 0.1) is 16.3 Å². The average Bonchev–Trinajstić information content (AvgIpc) is 2.74. The van der Waals surface area contributed by atoms with Gasteiger partial charge in [-0.25, -0.2) is 14.2 Å². The van der Waals surface area contributed by atoms with Crippen molar-refractivity contribution >= 4 is 22.4 Å². The molecule has 0 radical (unpaired) electrons. The molecule has 0 spiro atoms. The number of aryl methyl sites for hydroxylation is 1. The third-order valence-electron chi connectivity index (χ3n) is 3.15. The fourth-order valence-electron chi connectivity index (χ4n) is 2.11. The number of carbonyl (C=O) groups excluding carboxylic acids is 1. The van der Waals surface area contributed by atoms with E-state index in [1.54, 1.807) is 27.7 Å². The Morgan fingerprint density at radius 1 is 1.27 bits per heavy atom. The fraction of sp³-hybridized carbons (Fsp3) is 0.412. The van der Waals surface area contributed by atoms with Crippen LogP contribution in [-0.2, 0) is 17.3 Å². The van der Waals surface area contributed by atoms with Crippen LogP contribution in [0.5, 0.6) is 0 Å². The third-order valence-corrected chi connectivity index (χ3v) is 4.22. The first-order valence-electron chi connectivity index (χ1n) is 7.67. The number of anilines is 1. The molecule has 1 aromatic heterocycles. The molecule has 0 aliphatic rings. The molecule has 2 rings (SSSR count). The molecule has 1 aromatic carbocycles. The highest BCUT2D eigenvalue weighted by atomic mass is 32.1. The highest BCUT2D eigenvalue weighted by molar-refractivity contribution is 7.16. The molecule has 0 aliphatic carbocycles. The van der Waals surface area contributed by atoms with Crippen LogP contribution in [-0.4, -0.2) is 16.7 Å². The summed E-state index contributed by atoms with van der Waals surface area (Å²) >= 11 is 1.16. The number of hydrogen-bond donors (Lipinski definition) is 1. The fourth-order valence-corrected chi connectivity index (χ4v) is 3.10. The Bertz CT molecular complexity index is 810. The smallest absolute Gasteiger partial charge is 0.419 e. The molecule has 142 valence electrons. The van der Waals surface area contributed by atoms with Gasteiger partial charge in [-0.3, -0.25) is 5.32 Å². The monoisotopic (exact) mass is 390 g/mol. The standard InChI is InChI=1S/C17H18F4N2O2S/c1-9-14(23-15(24)25-16(2,3)4)26-13(22-9)8-10-5-6-11(12(18)7-10)17(19,20)21/h5-7H,8H2,1-4H3,(H,23,24). The Kier molecular flexibility index (Phi) is 5.60. The van der Waals surface area contributed by atoms with Crippen molar-refractivity contribution in [3.05, 3.63) is 45.8 Å². The van der Waals surface area contributed by atoms with E-state index < -0.39 is 29.3 Å². The van der Waals surface area contributed by atoms with Gasteiger partial charge in [0.1, 0.15) is 16.4 Å². The summed E-state index contributed by atoms with van der Waals surface area (Å²) in [6, 6.07) is 2.77. The lowest BCUT2D eigenvalue weighted by Gasteiger charge is -2.19. The van der Waals surface area contributed by atoms with Gasteiger partial charge in [-0.15, -0.1) is 11.3 Å². The van der Waals surface area contributed by atoms with Gasteiger partial charge < -0.3 is 4.74 Å². The SMILES string of the molecule is Cc1nc(Cc2ccc(C(F)(F)F)c(F)c2)sc1NC(=O)OC(C)(C)C. The molecule has 26 heavy (non-hydrogen) atoms. The van der Waals surface area contributed by atoms with Crippen LogP contribution in [0.2, 0.25) is 0 Å². The van der Waals surface area contributed by atoms with Crippen LogP contribution >= 0.6 is 11.3 Å². The van der Waals surface area contributed by atoms with Crippen LogP contribution in [0.25, 0.3) is 0 Å². The van der Waals surface area contributed by atoms with Crippen molar-refractivity contribution in [3.63, 3.8) is 0 Å². The topological polar surface area (TPSA) is 51.2 Å². The summed E-state index contributed by atoms with van der Waals surface area (Å²) in [4.78, 5) is 16.1. The molecular weight excluding hydrogens is 372 g/mol. The van der Waals surface area contributed by atoms with Gasteiger partial charge in [0, 0.05) is 6.42 Å². The maximum atomic E-state index is 13.7. The Morgan fingerprint density at radius 3 is 2.46 bits per heavy atom. The predicted octanol–water partition coefficient (Wildman–Crippen LogP) is 5.55. The van der Waals surface area contributed by atoms with Crippen molar-refractivity contribution in [2.75, 3.05) is 5.32 Å². The molecule has 0 bridgehead atoms. The molecular formula is C17H18F4N2O2S. The number of rotatable bonds is 3. The largest absolute Gasteiger partial charge is 0.444 e. The molecule has 4 nitrogen and oxygen atoms in total. The number of hydrogen-bond acceptors (Lipinski definition) is 4. The van der Waals surface area contributed by atoms with Crippen molar-refractivity contribution in [2.45, 2.75) is 45.9 Å². The van der Waals surface area contributed by atoms with E-state index >= 15 is 0 Å². The van der Waals surface area contributed by atoms with E-state index in [2.05, 4.69) is 10.3 Å². The van der Waals surface area contributed by atoms with E-state index in [-0.39, 0.29) is 6.42 Å². The molecule has 1 heterocycles. The van der Waals surface area contributed by atoms with Gasteiger partial charge in [-0.05, 0) is 45.4 Å². The molecule has 9 heteroatoms. The Hall–Kier alpha value is -2.16. The minimum atomic E-state index is -4.73. The normalized spacial score (nSPS) is 12.2. The quantitative estimate of drug-likeness (QED) is 0.700. The van der Waals surface area contributed by atoms with E-state index in [1.807, 2.05) is 0 Å². The van der Waals surface area contributed by atoms with E-state index in [9.17, 15) is 22.4 Å². The van der Waals surface area contributed by atoms with Crippen molar-refractivity contribution in [2.24, 2.45) is 0 Å². The third kappa shape index (κ3) is 5.42. The van der Waals surface area contributed by atoms with E-state index in [4.69, 9.17) is 4.74 Å². The summed E-state index contributed by atoms with van der Waals surface area (Å²) < 4.78 is 56.6. The first-order valence-corrected chi connectivity index (χ1v) is 8.49. The van der Waals surface area contributed by atoms with Crippen LogP contribution < -0.4 is 5.32 Å². The molecule has 0 unspecified atom stereocenters. The molecule has 0 saturated heterocycles. The van der Waals surface area contributed by atoms with Crippen molar-refractivity contribution in [3.8, 4) is 0 Å². The first-order chi connectivity index (χ1) is 11.8. The number of nitrogens with zero attached hydrogens (tertiary/aromatic N) is 1. The first kappa shape index (κ1) is 20.2. The predicted molar refractivity (Wildman–Crippen MR) is 90.9 cm³/mol. The van der Waals surface area contributed by atoms with Gasteiger partial charge in [0.2, 0.25) is 0 Å². The highest BCUT2D eigenvalue weighted by Gasteiger charge is 2.33. The molecule has 1 amide bonds. The number of carbonyl (C=O) groups is 1. The maximum Gasteiger partial charge on any atom is 0.419 e. The Balaban J connectivity index is 2.12. The molecule has 0 saturated carbocycles. The number of alkyl halides is 3. The van der Waals surface area contributed by atoms with E-state index in [0.29, 0.717) is 27.3 Å². The van der Waals surface area contributed by atoms with Crippen LogP contribution in [0.15, 0.2) is 18.2 Å². The van der Waals surface area contributed by atoms with Crippen molar-refractivity contribution in [1.29, 1.82) is 0 Å². The van der Waals surface area contributed by atoms with E-state index in [1.165, 1.54) is 6.07 Å². The summed E-state index contributed by atoms with van der Waals surface area (Å²) in [5.74, 6) is -1.32. The van der Waals surface area contributed by atoms with Gasteiger partial charge in [0.25, 0.3) is 0 Å². The van der Waals surface area contributed by atoms with Crippen molar-refractivity contribution < 1.29 is 27.1 Å². The summed E-state index contributed by atoms with van der Waals surface area (Å²) in [5.41, 5.74) is -1.05. The maximum absolute atomic E-state index is 13.7. The second kappa shape index (κ2) is 7.22. The van der Waals surface area contributed by atoms with Crippen molar-refractivity contribution in [1.82, 2.24) is 4.98 Å². The summed E-state index contributed by atoms with van der Waals surface area (Å²) in [7, 11) is 0. The number of amides is 1. The van der Waals surface area contributed by atoms with E-state index in [0.717, 1.165) is 17.4 Å². The van der Waals surface area contributed by atoms with Gasteiger partial charge in [0.15, 0.2) is 0 Å². The second-order valence-corrected chi connectivity index (χ2v) is 7.72. The summed E-state index contributed by atoms with van der Waals surface area (Å²) in [5, 5.41) is 3.59. The van der Waals surface area contributed by atoms with Crippen LogP contribution in [0.4, 0.5) is 27.4 Å². The molecule has 0 aliphatic heterocycles. The number of benzene rings is 1. The molecule has 0 atom stereocenters. The number of thiazole rings is 1. The minimum Gasteiger partial charge on any atom is -0.444 e. The minimum absolute atomic E-state index is 0.149. The lowest BCUT2D eigenvalue weighted by Crippen LogP contribution is -2.27. The Morgan fingerprint density at radius 2 is 1.92 bits per heavy atom.